The normalized spacial score (nSPS) is 14.1. The molecule has 0 amide bonds. The number of hydrogen-bond donors (Lipinski definition) is 2. The summed E-state index contributed by atoms with van der Waals surface area (Å²) in [4.78, 5) is 0. The number of hydrogen-bond acceptors (Lipinski definition) is 2. The summed E-state index contributed by atoms with van der Waals surface area (Å²) >= 11 is 0. The van der Waals surface area contributed by atoms with Crippen molar-refractivity contribution in [3.8, 4) is 0 Å². The lowest BCUT2D eigenvalue weighted by atomic mass is 9.88. The Bertz CT molecular complexity index is 338. The van der Waals surface area contributed by atoms with Crippen LogP contribution in [-0.4, -0.2) is 19.6 Å². The summed E-state index contributed by atoms with van der Waals surface area (Å²) in [6.45, 7) is 8.87. The van der Waals surface area contributed by atoms with Gasteiger partial charge in [0, 0.05) is 11.6 Å². The Hall–Kier alpha value is -0.860. The molecule has 0 heterocycles. The van der Waals surface area contributed by atoms with Crippen LogP contribution in [0.15, 0.2) is 24.3 Å². The highest BCUT2D eigenvalue weighted by Gasteiger charge is 2.27. The van der Waals surface area contributed by atoms with Gasteiger partial charge >= 0.3 is 0 Å². The van der Waals surface area contributed by atoms with E-state index in [0.29, 0.717) is 12.0 Å². The smallest absolute Gasteiger partial charge is 0.0497 e. The van der Waals surface area contributed by atoms with Gasteiger partial charge in [-0.05, 0) is 45.0 Å². The summed E-state index contributed by atoms with van der Waals surface area (Å²) in [6.07, 6.45) is 0. The molecule has 1 rings (SSSR count). The highest BCUT2D eigenvalue weighted by Crippen LogP contribution is 2.26. The van der Waals surface area contributed by atoms with E-state index in [2.05, 4.69) is 62.6 Å². The predicted molar refractivity (Wildman–Crippen MR) is 75.5 cm³/mol. The van der Waals surface area contributed by atoms with Gasteiger partial charge in [0.1, 0.15) is 0 Å². The molecule has 2 nitrogen and oxygen atoms in total. The lowest BCUT2D eigenvalue weighted by molar-refractivity contribution is 0.311. The Balaban J connectivity index is 2.98. The molecule has 1 atom stereocenters. The van der Waals surface area contributed by atoms with Crippen molar-refractivity contribution in [1.29, 1.82) is 0 Å². The summed E-state index contributed by atoms with van der Waals surface area (Å²) in [5, 5.41) is 6.76. The molecule has 96 valence electrons. The first-order chi connectivity index (χ1) is 7.92. The summed E-state index contributed by atoms with van der Waals surface area (Å²) < 4.78 is 0. The molecule has 0 aliphatic heterocycles. The second kappa shape index (κ2) is 5.65. The SMILES string of the molecule is CNC(c1ccc(C(C)C)cc1)C(C)(C)NC. The van der Waals surface area contributed by atoms with Crippen LogP contribution in [0.5, 0.6) is 0 Å². The fourth-order valence-electron chi connectivity index (χ4n) is 2.16. The zero-order valence-electron chi connectivity index (χ0n) is 12.0. The van der Waals surface area contributed by atoms with E-state index in [1.807, 2.05) is 14.1 Å². The molecule has 0 saturated carbocycles. The first-order valence-electron chi connectivity index (χ1n) is 6.38. The van der Waals surface area contributed by atoms with Gasteiger partial charge < -0.3 is 10.6 Å². The average molecular weight is 234 g/mol. The topological polar surface area (TPSA) is 24.1 Å². The second-order valence-corrected chi connectivity index (χ2v) is 5.51. The minimum atomic E-state index is 0.0358. The fourth-order valence-corrected chi connectivity index (χ4v) is 2.16. The third-order valence-electron chi connectivity index (χ3n) is 3.59. The van der Waals surface area contributed by atoms with E-state index in [9.17, 15) is 0 Å². The standard InChI is InChI=1S/C15H26N2/c1-11(2)12-7-9-13(10-8-12)14(16-5)15(3,4)17-6/h7-11,14,16-17H,1-6H3. The lowest BCUT2D eigenvalue weighted by Crippen LogP contribution is -2.47. The molecule has 0 aliphatic rings. The zero-order chi connectivity index (χ0) is 13.1. The zero-order valence-corrected chi connectivity index (χ0v) is 12.0. The molecule has 0 fully saturated rings. The van der Waals surface area contributed by atoms with Crippen LogP contribution in [0.4, 0.5) is 0 Å². The van der Waals surface area contributed by atoms with E-state index in [1.165, 1.54) is 11.1 Å². The van der Waals surface area contributed by atoms with Gasteiger partial charge in [-0.15, -0.1) is 0 Å². The quantitative estimate of drug-likeness (QED) is 0.818. The Morgan fingerprint density at radius 2 is 1.41 bits per heavy atom. The van der Waals surface area contributed by atoms with Gasteiger partial charge in [-0.25, -0.2) is 0 Å². The summed E-state index contributed by atoms with van der Waals surface area (Å²) in [7, 11) is 4.02. The predicted octanol–water partition coefficient (Wildman–Crippen LogP) is 3.07. The fraction of sp³-hybridized carbons (Fsp3) is 0.600. The molecule has 0 radical (unpaired) electrons. The molecule has 0 aliphatic carbocycles. The maximum atomic E-state index is 3.40. The number of nitrogens with one attached hydrogen (secondary N) is 2. The van der Waals surface area contributed by atoms with Crippen LogP contribution >= 0.6 is 0 Å². The van der Waals surface area contributed by atoms with Crippen LogP contribution in [0.2, 0.25) is 0 Å². The molecule has 0 aromatic heterocycles. The maximum Gasteiger partial charge on any atom is 0.0497 e. The van der Waals surface area contributed by atoms with E-state index >= 15 is 0 Å². The number of rotatable bonds is 5. The van der Waals surface area contributed by atoms with Crippen LogP contribution < -0.4 is 10.6 Å². The third-order valence-corrected chi connectivity index (χ3v) is 3.59. The van der Waals surface area contributed by atoms with Crippen molar-refractivity contribution in [3.63, 3.8) is 0 Å². The van der Waals surface area contributed by atoms with Gasteiger partial charge in [0.05, 0.1) is 0 Å². The van der Waals surface area contributed by atoms with E-state index in [-0.39, 0.29) is 5.54 Å². The van der Waals surface area contributed by atoms with Gasteiger partial charge in [-0.1, -0.05) is 38.1 Å². The van der Waals surface area contributed by atoms with Crippen molar-refractivity contribution in [1.82, 2.24) is 10.6 Å². The molecule has 0 saturated heterocycles. The molecule has 0 spiro atoms. The Kier molecular flexibility index (Phi) is 4.72. The Labute approximate surface area is 106 Å². The van der Waals surface area contributed by atoms with Crippen molar-refractivity contribution in [2.24, 2.45) is 0 Å². The summed E-state index contributed by atoms with van der Waals surface area (Å²) in [5.74, 6) is 0.592. The molecule has 2 heteroatoms. The molecule has 1 unspecified atom stereocenters. The van der Waals surface area contributed by atoms with Crippen molar-refractivity contribution in [2.75, 3.05) is 14.1 Å². The summed E-state index contributed by atoms with van der Waals surface area (Å²) in [6, 6.07) is 9.24. The lowest BCUT2D eigenvalue weighted by Gasteiger charge is -2.34. The largest absolute Gasteiger partial charge is 0.313 e. The first-order valence-corrected chi connectivity index (χ1v) is 6.38. The van der Waals surface area contributed by atoms with Gasteiger partial charge in [0.2, 0.25) is 0 Å². The van der Waals surface area contributed by atoms with Crippen LogP contribution in [0.25, 0.3) is 0 Å². The van der Waals surface area contributed by atoms with E-state index in [4.69, 9.17) is 0 Å². The van der Waals surface area contributed by atoms with Gasteiger partial charge in [0.25, 0.3) is 0 Å². The minimum absolute atomic E-state index is 0.0358. The monoisotopic (exact) mass is 234 g/mol. The van der Waals surface area contributed by atoms with Crippen molar-refractivity contribution < 1.29 is 0 Å². The van der Waals surface area contributed by atoms with E-state index < -0.39 is 0 Å². The maximum absolute atomic E-state index is 3.40. The van der Waals surface area contributed by atoms with Crippen LogP contribution in [0.3, 0.4) is 0 Å². The Morgan fingerprint density at radius 1 is 0.941 bits per heavy atom. The molecular formula is C15H26N2. The van der Waals surface area contributed by atoms with Gasteiger partial charge in [-0.2, -0.15) is 0 Å². The van der Waals surface area contributed by atoms with Crippen LogP contribution in [0.1, 0.15) is 50.8 Å². The Morgan fingerprint density at radius 3 is 1.76 bits per heavy atom. The third kappa shape index (κ3) is 3.30. The average Bonchev–Trinajstić information content (AvgIpc) is 2.30. The van der Waals surface area contributed by atoms with Gasteiger partial charge in [0.15, 0.2) is 0 Å². The van der Waals surface area contributed by atoms with Crippen LogP contribution in [0, 0.1) is 0 Å². The van der Waals surface area contributed by atoms with Crippen LogP contribution in [-0.2, 0) is 0 Å². The highest BCUT2D eigenvalue weighted by atomic mass is 15.0. The summed E-state index contributed by atoms with van der Waals surface area (Å²) in [5.41, 5.74) is 2.76. The van der Waals surface area contributed by atoms with E-state index in [0.717, 1.165) is 0 Å². The molecule has 17 heavy (non-hydrogen) atoms. The van der Waals surface area contributed by atoms with Gasteiger partial charge in [-0.3, -0.25) is 0 Å². The molecule has 1 aromatic carbocycles. The molecule has 0 bridgehead atoms. The van der Waals surface area contributed by atoms with Crippen molar-refractivity contribution in [3.05, 3.63) is 35.4 Å². The van der Waals surface area contributed by atoms with Crippen molar-refractivity contribution >= 4 is 0 Å². The minimum Gasteiger partial charge on any atom is -0.313 e. The number of likely N-dealkylation sites (N-methyl/N-ethyl adjacent to an activating group) is 2. The molecule has 2 N–H and O–H groups in total. The first kappa shape index (κ1) is 14.2. The van der Waals surface area contributed by atoms with Crippen molar-refractivity contribution in [2.45, 2.75) is 45.2 Å². The number of benzene rings is 1. The van der Waals surface area contributed by atoms with E-state index in [1.54, 1.807) is 0 Å². The molecular weight excluding hydrogens is 208 g/mol. The highest BCUT2D eigenvalue weighted by molar-refractivity contribution is 5.28. The second-order valence-electron chi connectivity index (χ2n) is 5.51. The molecule has 1 aromatic rings.